The van der Waals surface area contributed by atoms with Gasteiger partial charge in [0.1, 0.15) is 5.82 Å². The molecule has 1 N–H and O–H groups in total. The van der Waals surface area contributed by atoms with Crippen LogP contribution < -0.4 is 5.32 Å². The molecule has 2 unspecified atom stereocenters. The lowest BCUT2D eigenvalue weighted by atomic mass is 9.92. The van der Waals surface area contributed by atoms with Crippen molar-refractivity contribution in [2.75, 3.05) is 12.8 Å². The van der Waals surface area contributed by atoms with Gasteiger partial charge in [-0.15, -0.1) is 0 Å². The van der Waals surface area contributed by atoms with E-state index in [0.29, 0.717) is 11.7 Å². The summed E-state index contributed by atoms with van der Waals surface area (Å²) in [5, 5.41) is 3.50. The quantitative estimate of drug-likeness (QED) is 0.827. The zero-order valence-electron chi connectivity index (χ0n) is 9.39. The summed E-state index contributed by atoms with van der Waals surface area (Å²) < 4.78 is 13.9. The van der Waals surface area contributed by atoms with E-state index in [1.54, 1.807) is 17.8 Å². The number of halogens is 2. The minimum absolute atomic E-state index is 0.219. The molecule has 1 heterocycles. The smallest absolute Gasteiger partial charge is 0.146 e. The van der Waals surface area contributed by atoms with Crippen LogP contribution in [0.15, 0.2) is 12.1 Å². The molecule has 0 aliphatic carbocycles. The molecule has 88 valence electrons. The molecule has 0 aromatic heterocycles. The van der Waals surface area contributed by atoms with E-state index in [0.717, 1.165) is 16.9 Å². The highest BCUT2D eigenvalue weighted by Gasteiger charge is 2.26. The van der Waals surface area contributed by atoms with Crippen molar-refractivity contribution in [2.24, 2.45) is 5.92 Å². The van der Waals surface area contributed by atoms with Crippen molar-refractivity contribution in [2.45, 2.75) is 18.7 Å². The summed E-state index contributed by atoms with van der Waals surface area (Å²) in [6.07, 6.45) is 0. The molecule has 1 aliphatic rings. The molecule has 2 atom stereocenters. The number of thioether (sulfide) groups is 1. The summed E-state index contributed by atoms with van der Waals surface area (Å²) in [6, 6.07) is 3.82. The van der Waals surface area contributed by atoms with Gasteiger partial charge in [0, 0.05) is 17.4 Å². The van der Waals surface area contributed by atoms with E-state index in [1.165, 1.54) is 0 Å². The van der Waals surface area contributed by atoms with Crippen molar-refractivity contribution < 1.29 is 4.39 Å². The summed E-state index contributed by atoms with van der Waals surface area (Å²) in [4.78, 5) is 0. The van der Waals surface area contributed by atoms with Crippen LogP contribution in [0.2, 0.25) is 5.02 Å². The first-order valence-corrected chi connectivity index (χ1v) is 6.90. The van der Waals surface area contributed by atoms with Crippen LogP contribution >= 0.6 is 23.4 Å². The van der Waals surface area contributed by atoms with E-state index in [2.05, 4.69) is 12.2 Å². The largest absolute Gasteiger partial charge is 0.313 e. The summed E-state index contributed by atoms with van der Waals surface area (Å²) >= 11 is 7.59. The molecule has 2 rings (SSSR count). The highest BCUT2D eigenvalue weighted by molar-refractivity contribution is 7.98. The van der Waals surface area contributed by atoms with Crippen LogP contribution in [0.3, 0.4) is 0 Å². The second-order valence-corrected chi connectivity index (χ2v) is 5.63. The van der Waals surface area contributed by atoms with Gasteiger partial charge in [0.15, 0.2) is 0 Å². The van der Waals surface area contributed by atoms with Gasteiger partial charge in [-0.1, -0.05) is 24.6 Å². The molecule has 0 amide bonds. The van der Waals surface area contributed by atoms with Gasteiger partial charge in [-0.05, 0) is 30.3 Å². The molecule has 1 aromatic rings. The highest BCUT2D eigenvalue weighted by atomic mass is 35.5. The Morgan fingerprint density at radius 3 is 2.94 bits per heavy atom. The lowest BCUT2D eigenvalue weighted by Crippen LogP contribution is -2.24. The zero-order chi connectivity index (χ0) is 11.7. The fraction of sp³-hybridized carbons (Fsp3) is 0.500. The molecule has 0 saturated heterocycles. The van der Waals surface area contributed by atoms with Crippen molar-refractivity contribution in [3.05, 3.63) is 34.1 Å². The second kappa shape index (κ2) is 4.94. The Morgan fingerprint density at radius 1 is 1.50 bits per heavy atom. The maximum Gasteiger partial charge on any atom is 0.146 e. The second-order valence-electron chi connectivity index (χ2n) is 4.19. The Bertz CT molecular complexity index is 397. The first-order valence-electron chi connectivity index (χ1n) is 5.37. The number of hydrogen-bond acceptors (Lipinski definition) is 2. The summed E-state index contributed by atoms with van der Waals surface area (Å²) in [5.41, 5.74) is 1.82. The van der Waals surface area contributed by atoms with E-state index in [-0.39, 0.29) is 16.9 Å². The summed E-state index contributed by atoms with van der Waals surface area (Å²) in [6.45, 7) is 2.19. The van der Waals surface area contributed by atoms with Gasteiger partial charge >= 0.3 is 0 Å². The van der Waals surface area contributed by atoms with E-state index < -0.39 is 0 Å². The van der Waals surface area contributed by atoms with Crippen molar-refractivity contribution in [1.29, 1.82) is 0 Å². The first-order chi connectivity index (χ1) is 7.65. The van der Waals surface area contributed by atoms with Crippen LogP contribution in [-0.4, -0.2) is 12.8 Å². The fourth-order valence-electron chi connectivity index (χ4n) is 2.24. The molecule has 16 heavy (non-hydrogen) atoms. The molecule has 0 spiro atoms. The third-order valence-corrected chi connectivity index (χ3v) is 4.62. The van der Waals surface area contributed by atoms with Gasteiger partial charge < -0.3 is 5.32 Å². The van der Waals surface area contributed by atoms with Crippen LogP contribution in [-0.2, 0) is 5.75 Å². The van der Waals surface area contributed by atoms with E-state index in [4.69, 9.17) is 11.6 Å². The van der Waals surface area contributed by atoms with E-state index in [9.17, 15) is 4.39 Å². The van der Waals surface area contributed by atoms with E-state index in [1.807, 2.05) is 13.1 Å². The van der Waals surface area contributed by atoms with Gasteiger partial charge in [0.25, 0.3) is 0 Å². The maximum absolute atomic E-state index is 13.9. The van der Waals surface area contributed by atoms with Gasteiger partial charge in [-0.3, -0.25) is 0 Å². The van der Waals surface area contributed by atoms with Gasteiger partial charge in [-0.2, -0.15) is 11.8 Å². The molecule has 1 nitrogen and oxygen atoms in total. The Labute approximate surface area is 105 Å². The number of benzene rings is 1. The normalized spacial score (nSPS) is 25.0. The topological polar surface area (TPSA) is 12.0 Å². The van der Waals surface area contributed by atoms with Crippen molar-refractivity contribution in [3.8, 4) is 0 Å². The third-order valence-electron chi connectivity index (χ3n) is 3.07. The molecular formula is C12H15ClFNS. The standard InChI is InChI=1S/C12H15ClFNS/c1-7-5-16-6-9-8(12(7)15-2)3-4-10(13)11(9)14/h3-4,7,12,15H,5-6H2,1-2H3. The van der Waals surface area contributed by atoms with E-state index >= 15 is 0 Å². The number of rotatable bonds is 1. The molecule has 0 fully saturated rings. The Morgan fingerprint density at radius 2 is 2.25 bits per heavy atom. The lowest BCUT2D eigenvalue weighted by molar-refractivity contribution is 0.447. The predicted octanol–water partition coefficient (Wildman–Crippen LogP) is 3.62. The number of nitrogens with one attached hydrogen (secondary N) is 1. The minimum Gasteiger partial charge on any atom is -0.313 e. The first kappa shape index (κ1) is 12.2. The van der Waals surface area contributed by atoms with Crippen LogP contribution in [0, 0.1) is 11.7 Å². The SMILES string of the molecule is CNC1c2ccc(Cl)c(F)c2CSCC1C. The predicted molar refractivity (Wildman–Crippen MR) is 68.5 cm³/mol. The zero-order valence-corrected chi connectivity index (χ0v) is 11.0. The average Bonchev–Trinajstić information content (AvgIpc) is 2.42. The summed E-state index contributed by atoms with van der Waals surface area (Å²) in [7, 11) is 1.92. The monoisotopic (exact) mass is 259 g/mol. The van der Waals surface area contributed by atoms with Gasteiger partial charge in [-0.25, -0.2) is 4.39 Å². The van der Waals surface area contributed by atoms with Gasteiger partial charge in [0.2, 0.25) is 0 Å². The van der Waals surface area contributed by atoms with Crippen molar-refractivity contribution >= 4 is 23.4 Å². The molecule has 0 saturated carbocycles. The molecule has 0 radical (unpaired) electrons. The Kier molecular flexibility index (Phi) is 3.77. The van der Waals surface area contributed by atoms with Crippen LogP contribution in [0.1, 0.15) is 24.1 Å². The molecule has 0 bridgehead atoms. The third kappa shape index (κ3) is 2.08. The Hall–Kier alpha value is -0.250. The Balaban J connectivity index is 2.52. The lowest BCUT2D eigenvalue weighted by Gasteiger charge is -2.22. The maximum atomic E-state index is 13.9. The van der Waals surface area contributed by atoms with Crippen LogP contribution in [0.25, 0.3) is 0 Å². The molecule has 4 heteroatoms. The fourth-order valence-corrected chi connectivity index (χ4v) is 3.59. The van der Waals surface area contributed by atoms with Crippen LogP contribution in [0.4, 0.5) is 4.39 Å². The molecule has 1 aromatic carbocycles. The summed E-state index contributed by atoms with van der Waals surface area (Å²) in [5.74, 6) is 2.00. The van der Waals surface area contributed by atoms with Gasteiger partial charge in [0.05, 0.1) is 5.02 Å². The average molecular weight is 260 g/mol. The molecular weight excluding hydrogens is 245 g/mol. The highest BCUT2D eigenvalue weighted by Crippen LogP contribution is 2.37. The van der Waals surface area contributed by atoms with Crippen molar-refractivity contribution in [1.82, 2.24) is 5.32 Å². The van der Waals surface area contributed by atoms with Crippen molar-refractivity contribution in [3.63, 3.8) is 0 Å². The minimum atomic E-state index is -0.249. The number of hydrogen-bond donors (Lipinski definition) is 1. The molecule has 1 aliphatic heterocycles. The van der Waals surface area contributed by atoms with Crippen LogP contribution in [0.5, 0.6) is 0 Å². The number of fused-ring (bicyclic) bond motifs is 1.